The average Bonchev–Trinajstić information content (AvgIpc) is 3.19. The average molecular weight is 484 g/mol. The van der Waals surface area contributed by atoms with Gasteiger partial charge in [-0.25, -0.2) is 4.98 Å². The van der Waals surface area contributed by atoms with E-state index in [1.54, 1.807) is 13.3 Å². The summed E-state index contributed by atoms with van der Waals surface area (Å²) in [6.07, 6.45) is 4.47. The Hall–Kier alpha value is -1.81. The van der Waals surface area contributed by atoms with Gasteiger partial charge in [0.05, 0.1) is 6.26 Å². The van der Waals surface area contributed by atoms with Gasteiger partial charge < -0.3 is 24.9 Å². The molecule has 1 aliphatic rings. The monoisotopic (exact) mass is 484 g/mol. The molecule has 0 atom stereocenters. The lowest BCUT2D eigenvalue weighted by atomic mass is 10.2. The zero-order valence-corrected chi connectivity index (χ0v) is 18.3. The fourth-order valence-corrected chi connectivity index (χ4v) is 2.91. The number of halogens is 1. The molecule has 8 heteroatoms. The topological polar surface area (TPSA) is 68.9 Å². The molecule has 0 radical (unpaired) electrons. The van der Waals surface area contributed by atoms with Gasteiger partial charge in [-0.15, -0.1) is 24.0 Å². The number of nitrogens with zero attached hydrogens (tertiary/aromatic N) is 4. The molecule has 0 bridgehead atoms. The Morgan fingerprint density at radius 2 is 2.00 bits per heavy atom. The first-order valence-corrected chi connectivity index (χ1v) is 9.10. The van der Waals surface area contributed by atoms with Crippen molar-refractivity contribution in [1.29, 1.82) is 0 Å². The van der Waals surface area contributed by atoms with Crippen molar-refractivity contribution in [3.05, 3.63) is 48.0 Å². The maximum Gasteiger partial charge on any atom is 0.191 e. The van der Waals surface area contributed by atoms with Crippen LogP contribution < -0.4 is 15.5 Å². The third-order valence-corrected chi connectivity index (χ3v) is 4.56. The Morgan fingerprint density at radius 3 is 2.63 bits per heavy atom. The van der Waals surface area contributed by atoms with Gasteiger partial charge in [0.1, 0.15) is 11.6 Å². The molecule has 0 unspecified atom stereocenters. The van der Waals surface area contributed by atoms with Crippen LogP contribution in [0.3, 0.4) is 0 Å². The first kappa shape index (κ1) is 21.5. The van der Waals surface area contributed by atoms with Gasteiger partial charge in [-0.05, 0) is 30.8 Å². The fourth-order valence-electron chi connectivity index (χ4n) is 2.91. The van der Waals surface area contributed by atoms with E-state index in [0.717, 1.165) is 62.2 Å². The van der Waals surface area contributed by atoms with Crippen LogP contribution in [-0.2, 0) is 13.0 Å². The predicted molar refractivity (Wildman–Crippen MR) is 120 cm³/mol. The van der Waals surface area contributed by atoms with Crippen molar-refractivity contribution in [2.75, 3.05) is 51.7 Å². The van der Waals surface area contributed by atoms with Gasteiger partial charge in [-0.1, -0.05) is 6.07 Å². The van der Waals surface area contributed by atoms with Crippen molar-refractivity contribution in [3.8, 4) is 0 Å². The van der Waals surface area contributed by atoms with Crippen LogP contribution in [-0.4, -0.2) is 62.7 Å². The van der Waals surface area contributed by atoms with E-state index in [4.69, 9.17) is 4.42 Å². The molecule has 7 nitrogen and oxygen atoms in total. The second-order valence-corrected chi connectivity index (χ2v) is 6.50. The summed E-state index contributed by atoms with van der Waals surface area (Å²) in [6, 6.07) is 8.12. The first-order valence-electron chi connectivity index (χ1n) is 9.10. The third kappa shape index (κ3) is 6.69. The molecule has 2 N–H and O–H groups in total. The summed E-state index contributed by atoms with van der Waals surface area (Å²) >= 11 is 0. The molecule has 0 spiro atoms. The van der Waals surface area contributed by atoms with Crippen LogP contribution in [0.5, 0.6) is 0 Å². The summed E-state index contributed by atoms with van der Waals surface area (Å²) in [7, 11) is 3.94. The number of aliphatic imine (C=N–C) groups is 1. The maximum absolute atomic E-state index is 5.33. The molecule has 2 aromatic heterocycles. The summed E-state index contributed by atoms with van der Waals surface area (Å²) in [6.45, 7) is 5.71. The smallest absolute Gasteiger partial charge is 0.191 e. The Kier molecular flexibility index (Phi) is 8.86. The lowest BCUT2D eigenvalue weighted by molar-refractivity contribution is 0.312. The van der Waals surface area contributed by atoms with Crippen molar-refractivity contribution in [3.63, 3.8) is 0 Å². The Morgan fingerprint density at radius 1 is 1.19 bits per heavy atom. The van der Waals surface area contributed by atoms with Crippen LogP contribution in [0.25, 0.3) is 0 Å². The van der Waals surface area contributed by atoms with Crippen LogP contribution in [0.15, 0.2) is 46.1 Å². The van der Waals surface area contributed by atoms with E-state index in [0.29, 0.717) is 6.54 Å². The predicted octanol–water partition coefficient (Wildman–Crippen LogP) is 1.95. The van der Waals surface area contributed by atoms with Gasteiger partial charge in [0.15, 0.2) is 5.96 Å². The van der Waals surface area contributed by atoms with E-state index < -0.39 is 0 Å². The van der Waals surface area contributed by atoms with E-state index in [9.17, 15) is 0 Å². The van der Waals surface area contributed by atoms with Crippen LogP contribution in [0.2, 0.25) is 0 Å². The van der Waals surface area contributed by atoms with Gasteiger partial charge in [-0.3, -0.25) is 4.99 Å². The number of furan rings is 1. The number of anilines is 1. The number of nitrogens with one attached hydrogen (secondary N) is 2. The molecule has 3 heterocycles. The van der Waals surface area contributed by atoms with Crippen molar-refractivity contribution in [2.24, 2.45) is 4.99 Å². The van der Waals surface area contributed by atoms with E-state index in [1.807, 2.05) is 18.3 Å². The summed E-state index contributed by atoms with van der Waals surface area (Å²) in [5, 5.41) is 6.61. The van der Waals surface area contributed by atoms with Crippen LogP contribution in [0, 0.1) is 0 Å². The van der Waals surface area contributed by atoms with Gasteiger partial charge in [0.25, 0.3) is 0 Å². The van der Waals surface area contributed by atoms with Crippen LogP contribution >= 0.6 is 24.0 Å². The Balaban J connectivity index is 0.00000261. The van der Waals surface area contributed by atoms with E-state index in [1.165, 1.54) is 0 Å². The second kappa shape index (κ2) is 11.1. The minimum absolute atomic E-state index is 0. The zero-order valence-electron chi connectivity index (χ0n) is 16.0. The van der Waals surface area contributed by atoms with E-state index in [2.05, 4.69) is 49.6 Å². The lowest BCUT2D eigenvalue weighted by Crippen LogP contribution is -2.44. The quantitative estimate of drug-likeness (QED) is 0.371. The number of rotatable bonds is 6. The Bertz CT molecular complexity index is 681. The normalized spacial score (nSPS) is 15.3. The molecular formula is C19H29IN6O. The molecule has 0 aromatic carbocycles. The number of guanidine groups is 1. The molecule has 2 aromatic rings. The highest BCUT2D eigenvalue weighted by molar-refractivity contribution is 14.0. The summed E-state index contributed by atoms with van der Waals surface area (Å²) < 4.78 is 5.33. The van der Waals surface area contributed by atoms with E-state index >= 15 is 0 Å². The highest BCUT2D eigenvalue weighted by Gasteiger charge is 2.14. The van der Waals surface area contributed by atoms with Crippen LogP contribution in [0.4, 0.5) is 5.82 Å². The number of hydrogen-bond donors (Lipinski definition) is 2. The van der Waals surface area contributed by atoms with Crippen molar-refractivity contribution in [2.45, 2.75) is 13.0 Å². The minimum atomic E-state index is 0. The number of hydrogen-bond acceptors (Lipinski definition) is 5. The first-order chi connectivity index (χ1) is 12.7. The number of piperazine rings is 1. The van der Waals surface area contributed by atoms with Gasteiger partial charge in [0, 0.05) is 58.9 Å². The molecular weight excluding hydrogens is 455 g/mol. The van der Waals surface area contributed by atoms with Crippen LogP contribution in [0.1, 0.15) is 11.3 Å². The van der Waals surface area contributed by atoms with Gasteiger partial charge in [0.2, 0.25) is 0 Å². The molecule has 0 saturated carbocycles. The molecule has 3 rings (SSSR count). The van der Waals surface area contributed by atoms with E-state index in [-0.39, 0.29) is 24.0 Å². The van der Waals surface area contributed by atoms with Gasteiger partial charge >= 0.3 is 0 Å². The minimum Gasteiger partial charge on any atom is -0.469 e. The summed E-state index contributed by atoms with van der Waals surface area (Å²) in [5.41, 5.74) is 1.14. The number of likely N-dealkylation sites (N-methyl/N-ethyl adjacent to an activating group) is 1. The maximum atomic E-state index is 5.33. The molecule has 27 heavy (non-hydrogen) atoms. The Labute approximate surface area is 178 Å². The summed E-state index contributed by atoms with van der Waals surface area (Å²) in [4.78, 5) is 13.6. The van der Waals surface area contributed by atoms with Crippen molar-refractivity contribution in [1.82, 2.24) is 20.5 Å². The van der Waals surface area contributed by atoms with Gasteiger partial charge in [-0.2, -0.15) is 0 Å². The molecule has 0 amide bonds. The third-order valence-electron chi connectivity index (χ3n) is 4.56. The highest BCUT2D eigenvalue weighted by atomic mass is 127. The number of pyridine rings is 1. The zero-order chi connectivity index (χ0) is 18.2. The standard InChI is InChI=1S/C19H28N6O.HI/c1-20-19(21-8-7-17-4-3-13-26-17)23-15-16-5-6-18(22-14-16)25-11-9-24(2)10-12-25;/h3-6,13-14H,7-12,15H2,1-2H3,(H2,20,21,23);1H. The lowest BCUT2D eigenvalue weighted by Gasteiger charge is -2.33. The number of aromatic nitrogens is 1. The summed E-state index contributed by atoms with van der Waals surface area (Å²) in [5.74, 6) is 2.80. The second-order valence-electron chi connectivity index (χ2n) is 6.50. The van der Waals surface area contributed by atoms with Crippen molar-refractivity contribution >= 4 is 35.8 Å². The molecule has 1 saturated heterocycles. The molecule has 1 aliphatic heterocycles. The largest absolute Gasteiger partial charge is 0.469 e. The molecule has 148 valence electrons. The SMILES string of the molecule is CN=C(NCCc1ccco1)NCc1ccc(N2CCN(C)CC2)nc1.I. The van der Waals surface area contributed by atoms with Crippen molar-refractivity contribution < 1.29 is 4.42 Å². The molecule has 1 fully saturated rings. The molecule has 0 aliphatic carbocycles. The highest BCUT2D eigenvalue weighted by Crippen LogP contribution is 2.13. The fraction of sp³-hybridized carbons (Fsp3) is 0.474.